The molecule has 4 nitrogen and oxygen atoms in total. The number of aromatic nitrogens is 2. The molecule has 1 aliphatic carbocycles. The fourth-order valence-corrected chi connectivity index (χ4v) is 4.27. The van der Waals surface area contributed by atoms with Crippen molar-refractivity contribution in [1.82, 2.24) is 9.97 Å². The Morgan fingerprint density at radius 2 is 1.96 bits per heavy atom. The third-order valence-electron chi connectivity index (χ3n) is 4.52. The number of aliphatic hydroxyl groups excluding tert-OH is 1. The highest BCUT2D eigenvalue weighted by molar-refractivity contribution is 7.99. The van der Waals surface area contributed by atoms with Crippen LogP contribution in [0.25, 0.3) is 10.9 Å². The molecule has 1 saturated carbocycles. The summed E-state index contributed by atoms with van der Waals surface area (Å²) in [4.78, 5) is 19.1. The average Bonchev–Trinajstić information content (AvgIpc) is 2.54. The third-order valence-corrected chi connectivity index (χ3v) is 5.90. The van der Waals surface area contributed by atoms with Crippen LogP contribution in [-0.2, 0) is 11.9 Å². The topological polar surface area (TPSA) is 66.0 Å². The normalized spacial score (nSPS) is 21.6. The summed E-state index contributed by atoms with van der Waals surface area (Å²) >= 11 is 1.62. The van der Waals surface area contributed by atoms with Crippen molar-refractivity contribution in [3.63, 3.8) is 0 Å². The van der Waals surface area contributed by atoms with Crippen LogP contribution < -0.4 is 5.56 Å². The van der Waals surface area contributed by atoms with Gasteiger partial charge in [-0.05, 0) is 44.2 Å². The molecule has 136 valence electrons. The summed E-state index contributed by atoms with van der Waals surface area (Å²) in [5.41, 5.74) is -1.06. The minimum atomic E-state index is -4.60. The number of thioether (sulfide) groups is 1. The SMILES string of the molecule is Cc1ccc(C(F)(F)F)c2c(=O)[nH]c(CSC3CCC(O)CC3)nc12. The molecule has 2 aromatic rings. The van der Waals surface area contributed by atoms with E-state index in [1.165, 1.54) is 6.07 Å². The van der Waals surface area contributed by atoms with E-state index in [0.29, 0.717) is 22.4 Å². The van der Waals surface area contributed by atoms with Crippen LogP contribution in [0.15, 0.2) is 16.9 Å². The van der Waals surface area contributed by atoms with Crippen LogP contribution in [0.3, 0.4) is 0 Å². The van der Waals surface area contributed by atoms with Gasteiger partial charge in [0.2, 0.25) is 0 Å². The van der Waals surface area contributed by atoms with E-state index in [1.54, 1.807) is 18.7 Å². The molecule has 0 spiro atoms. The van der Waals surface area contributed by atoms with Crippen LogP contribution in [0.5, 0.6) is 0 Å². The van der Waals surface area contributed by atoms with Crippen molar-refractivity contribution >= 4 is 22.7 Å². The van der Waals surface area contributed by atoms with Crippen molar-refractivity contribution in [2.75, 3.05) is 0 Å². The molecule has 8 heteroatoms. The van der Waals surface area contributed by atoms with Crippen LogP contribution in [0.2, 0.25) is 0 Å². The minimum absolute atomic E-state index is 0.105. The summed E-state index contributed by atoms with van der Waals surface area (Å²) < 4.78 is 39.4. The lowest BCUT2D eigenvalue weighted by molar-refractivity contribution is -0.136. The molecule has 0 saturated heterocycles. The Labute approximate surface area is 146 Å². The van der Waals surface area contributed by atoms with Gasteiger partial charge >= 0.3 is 6.18 Å². The molecule has 1 aliphatic rings. The zero-order valence-electron chi connectivity index (χ0n) is 13.7. The molecule has 0 atom stereocenters. The molecule has 1 aromatic heterocycles. The first kappa shape index (κ1) is 18.3. The van der Waals surface area contributed by atoms with Gasteiger partial charge in [0.1, 0.15) is 5.82 Å². The second-order valence-corrected chi connectivity index (χ2v) is 7.69. The molecule has 25 heavy (non-hydrogen) atoms. The maximum absolute atomic E-state index is 13.1. The third kappa shape index (κ3) is 4.00. The van der Waals surface area contributed by atoms with Gasteiger partial charge in [0.05, 0.1) is 28.3 Å². The number of hydrogen-bond donors (Lipinski definition) is 2. The molecule has 0 unspecified atom stereocenters. The lowest BCUT2D eigenvalue weighted by Crippen LogP contribution is -2.21. The van der Waals surface area contributed by atoms with Gasteiger partial charge in [0.15, 0.2) is 0 Å². The van der Waals surface area contributed by atoms with Crippen molar-refractivity contribution in [3.8, 4) is 0 Å². The molecular formula is C17H19F3N2O2S. The number of hydrogen-bond acceptors (Lipinski definition) is 4. The van der Waals surface area contributed by atoms with Crippen molar-refractivity contribution in [3.05, 3.63) is 39.4 Å². The molecule has 0 bridgehead atoms. The molecule has 1 heterocycles. The first-order valence-corrected chi connectivity index (χ1v) is 9.20. The zero-order chi connectivity index (χ0) is 18.2. The summed E-state index contributed by atoms with van der Waals surface area (Å²) in [6, 6.07) is 2.27. The zero-order valence-corrected chi connectivity index (χ0v) is 14.5. The van der Waals surface area contributed by atoms with Crippen molar-refractivity contribution in [2.45, 2.75) is 55.9 Å². The number of aromatic amines is 1. The lowest BCUT2D eigenvalue weighted by atomic mass is 9.97. The summed E-state index contributed by atoms with van der Waals surface area (Å²) in [7, 11) is 0. The van der Waals surface area contributed by atoms with Crippen LogP contribution in [0.1, 0.15) is 42.6 Å². The number of aryl methyl sites for hydroxylation is 1. The van der Waals surface area contributed by atoms with Crippen LogP contribution >= 0.6 is 11.8 Å². The van der Waals surface area contributed by atoms with Gasteiger partial charge in [-0.1, -0.05) is 6.07 Å². The summed E-state index contributed by atoms with van der Waals surface area (Å²) in [5.74, 6) is 0.817. The number of rotatable bonds is 3. The van der Waals surface area contributed by atoms with Crippen molar-refractivity contribution < 1.29 is 18.3 Å². The smallest absolute Gasteiger partial charge is 0.393 e. The van der Waals surface area contributed by atoms with Gasteiger partial charge in [-0.2, -0.15) is 24.9 Å². The van der Waals surface area contributed by atoms with Crippen molar-refractivity contribution in [1.29, 1.82) is 0 Å². The van der Waals surface area contributed by atoms with E-state index in [0.717, 1.165) is 31.7 Å². The molecule has 2 N–H and O–H groups in total. The molecule has 0 radical (unpaired) electrons. The maximum atomic E-state index is 13.1. The van der Waals surface area contributed by atoms with Gasteiger partial charge in [-0.25, -0.2) is 4.98 Å². The number of alkyl halides is 3. The largest absolute Gasteiger partial charge is 0.417 e. The minimum Gasteiger partial charge on any atom is -0.393 e. The van der Waals surface area contributed by atoms with E-state index < -0.39 is 22.7 Å². The average molecular weight is 372 g/mol. The summed E-state index contributed by atoms with van der Waals surface area (Å²) in [6.07, 6.45) is -1.54. The highest BCUT2D eigenvalue weighted by atomic mass is 32.2. The highest BCUT2D eigenvalue weighted by Crippen LogP contribution is 2.34. The Morgan fingerprint density at radius 3 is 2.60 bits per heavy atom. The van der Waals surface area contributed by atoms with Crippen LogP contribution in [0, 0.1) is 6.92 Å². The number of halogens is 3. The Bertz CT molecular complexity index is 827. The lowest BCUT2D eigenvalue weighted by Gasteiger charge is -2.24. The molecular weight excluding hydrogens is 353 g/mol. The molecule has 1 fully saturated rings. The number of nitrogens with zero attached hydrogens (tertiary/aromatic N) is 1. The van der Waals surface area contributed by atoms with Gasteiger partial charge in [-0.3, -0.25) is 4.79 Å². The number of aliphatic hydroxyl groups is 1. The standard InChI is InChI=1S/C17H19F3N2O2S/c1-9-2-7-12(17(18,19)20)14-15(9)21-13(22-16(14)24)8-25-11-5-3-10(23)4-6-11/h2,7,10-11,23H,3-6,8H2,1H3,(H,21,22,24). The van der Waals surface area contributed by atoms with E-state index in [9.17, 15) is 23.1 Å². The van der Waals surface area contributed by atoms with Gasteiger partial charge in [-0.15, -0.1) is 0 Å². The monoisotopic (exact) mass is 372 g/mol. The first-order chi connectivity index (χ1) is 11.8. The number of H-pyrrole nitrogens is 1. The Hall–Kier alpha value is -1.54. The number of fused-ring (bicyclic) bond motifs is 1. The van der Waals surface area contributed by atoms with E-state index in [2.05, 4.69) is 9.97 Å². The highest BCUT2D eigenvalue weighted by Gasteiger charge is 2.34. The van der Waals surface area contributed by atoms with Crippen molar-refractivity contribution in [2.24, 2.45) is 0 Å². The Kier molecular flexibility index (Phi) is 5.11. The van der Waals surface area contributed by atoms with E-state index in [-0.39, 0.29) is 11.6 Å². The molecule has 0 amide bonds. The number of nitrogens with one attached hydrogen (secondary N) is 1. The van der Waals surface area contributed by atoms with Gasteiger partial charge in [0, 0.05) is 5.25 Å². The predicted molar refractivity (Wildman–Crippen MR) is 91.7 cm³/mol. The maximum Gasteiger partial charge on any atom is 0.417 e. The number of benzene rings is 1. The van der Waals surface area contributed by atoms with Crippen LogP contribution in [0.4, 0.5) is 13.2 Å². The molecule has 3 rings (SSSR count). The molecule has 0 aliphatic heterocycles. The van der Waals surface area contributed by atoms with Crippen LogP contribution in [-0.4, -0.2) is 26.4 Å². The second kappa shape index (κ2) is 6.99. The van der Waals surface area contributed by atoms with E-state index in [4.69, 9.17) is 0 Å². The fraction of sp³-hybridized carbons (Fsp3) is 0.529. The predicted octanol–water partition coefficient (Wildman–Crippen LogP) is 3.79. The quantitative estimate of drug-likeness (QED) is 0.860. The summed E-state index contributed by atoms with van der Waals surface area (Å²) in [6.45, 7) is 1.65. The Morgan fingerprint density at radius 1 is 1.28 bits per heavy atom. The summed E-state index contributed by atoms with van der Waals surface area (Å²) in [5, 5.41) is 9.49. The van der Waals surface area contributed by atoms with E-state index >= 15 is 0 Å². The Balaban J connectivity index is 1.89. The first-order valence-electron chi connectivity index (χ1n) is 8.15. The van der Waals surface area contributed by atoms with E-state index in [1.807, 2.05) is 0 Å². The fourth-order valence-electron chi connectivity index (χ4n) is 3.14. The second-order valence-electron chi connectivity index (χ2n) is 6.41. The van der Waals surface area contributed by atoms with Gasteiger partial charge in [0.25, 0.3) is 5.56 Å². The molecule has 1 aromatic carbocycles. The van der Waals surface area contributed by atoms with Gasteiger partial charge < -0.3 is 10.1 Å².